The van der Waals surface area contributed by atoms with Crippen LogP contribution in [0.15, 0.2) is 70.7 Å². The SMILES string of the molecule is Cc1cccc(N2NC(=O)/C(=C\c3ccc(-c4ccccc4F)o3)C2=O)c1. The third-order valence-electron chi connectivity index (χ3n) is 4.20. The first-order chi connectivity index (χ1) is 13.0. The van der Waals surface area contributed by atoms with Gasteiger partial charge in [0.25, 0.3) is 11.8 Å². The van der Waals surface area contributed by atoms with E-state index in [9.17, 15) is 14.0 Å². The summed E-state index contributed by atoms with van der Waals surface area (Å²) < 4.78 is 19.5. The molecule has 2 amide bonds. The van der Waals surface area contributed by atoms with Crippen LogP contribution < -0.4 is 10.4 Å². The van der Waals surface area contributed by atoms with E-state index >= 15 is 0 Å². The maximum Gasteiger partial charge on any atom is 0.282 e. The van der Waals surface area contributed by atoms with Gasteiger partial charge >= 0.3 is 0 Å². The lowest BCUT2D eigenvalue weighted by Crippen LogP contribution is -2.35. The minimum atomic E-state index is -0.523. The van der Waals surface area contributed by atoms with Crippen LogP contribution in [0.3, 0.4) is 0 Å². The van der Waals surface area contributed by atoms with Crippen LogP contribution in [-0.4, -0.2) is 11.8 Å². The molecule has 1 N–H and O–H groups in total. The van der Waals surface area contributed by atoms with E-state index in [1.807, 2.05) is 13.0 Å². The number of carbonyl (C=O) groups is 2. The summed E-state index contributed by atoms with van der Waals surface area (Å²) in [5, 5.41) is 1.20. The van der Waals surface area contributed by atoms with Gasteiger partial charge in [-0.3, -0.25) is 15.0 Å². The highest BCUT2D eigenvalue weighted by atomic mass is 19.1. The number of anilines is 1. The van der Waals surface area contributed by atoms with Crippen LogP contribution in [0.4, 0.5) is 10.1 Å². The van der Waals surface area contributed by atoms with Gasteiger partial charge in [0.05, 0.1) is 11.3 Å². The van der Waals surface area contributed by atoms with E-state index in [1.54, 1.807) is 48.5 Å². The van der Waals surface area contributed by atoms with Gasteiger partial charge < -0.3 is 4.42 Å². The number of aryl methyl sites for hydroxylation is 1. The monoisotopic (exact) mass is 362 g/mol. The van der Waals surface area contributed by atoms with Crippen molar-refractivity contribution >= 4 is 23.6 Å². The molecule has 27 heavy (non-hydrogen) atoms. The molecule has 0 spiro atoms. The zero-order valence-electron chi connectivity index (χ0n) is 14.4. The maximum atomic E-state index is 13.9. The van der Waals surface area contributed by atoms with E-state index < -0.39 is 17.6 Å². The summed E-state index contributed by atoms with van der Waals surface area (Å²) in [4.78, 5) is 24.9. The van der Waals surface area contributed by atoms with Crippen molar-refractivity contribution in [1.82, 2.24) is 5.43 Å². The van der Waals surface area contributed by atoms with Gasteiger partial charge in [0, 0.05) is 0 Å². The first kappa shape index (κ1) is 16.8. The van der Waals surface area contributed by atoms with Crippen molar-refractivity contribution in [3.63, 3.8) is 0 Å². The minimum Gasteiger partial charge on any atom is -0.457 e. The highest BCUT2D eigenvalue weighted by Crippen LogP contribution is 2.27. The van der Waals surface area contributed by atoms with Crippen LogP contribution in [0.25, 0.3) is 17.4 Å². The van der Waals surface area contributed by atoms with Crippen LogP contribution in [-0.2, 0) is 9.59 Å². The Morgan fingerprint density at radius 2 is 1.85 bits per heavy atom. The molecule has 1 saturated heterocycles. The molecular weight excluding hydrogens is 347 g/mol. The molecule has 2 aromatic carbocycles. The smallest absolute Gasteiger partial charge is 0.282 e. The van der Waals surface area contributed by atoms with Crippen LogP contribution >= 0.6 is 0 Å². The number of furan rings is 1. The lowest BCUT2D eigenvalue weighted by atomic mass is 10.1. The number of amides is 2. The number of hydrogen-bond acceptors (Lipinski definition) is 3. The molecule has 6 heteroatoms. The largest absolute Gasteiger partial charge is 0.457 e. The van der Waals surface area contributed by atoms with E-state index in [0.29, 0.717) is 17.0 Å². The van der Waals surface area contributed by atoms with Crippen LogP contribution in [0.2, 0.25) is 0 Å². The Morgan fingerprint density at radius 1 is 1.04 bits per heavy atom. The van der Waals surface area contributed by atoms with E-state index in [4.69, 9.17) is 4.42 Å². The normalized spacial score (nSPS) is 15.5. The van der Waals surface area contributed by atoms with E-state index in [0.717, 1.165) is 5.56 Å². The van der Waals surface area contributed by atoms with Gasteiger partial charge in [-0.2, -0.15) is 0 Å². The minimum absolute atomic E-state index is 0.0501. The standard InChI is InChI=1S/C21H15FN2O3/c1-13-5-4-6-14(11-13)24-21(26)17(20(25)23-24)12-15-9-10-19(27-15)16-7-2-3-8-18(16)22/h2-12H,1H3,(H,23,25)/b17-12+. The summed E-state index contributed by atoms with van der Waals surface area (Å²) >= 11 is 0. The van der Waals surface area contributed by atoms with Crippen molar-refractivity contribution in [2.24, 2.45) is 0 Å². The lowest BCUT2D eigenvalue weighted by molar-refractivity contribution is -0.117. The molecule has 4 rings (SSSR count). The number of hydrogen-bond donors (Lipinski definition) is 1. The maximum absolute atomic E-state index is 13.9. The predicted octanol–water partition coefficient (Wildman–Crippen LogP) is 3.86. The molecule has 2 heterocycles. The molecule has 1 fully saturated rings. The Bertz CT molecular complexity index is 1080. The van der Waals surface area contributed by atoms with Crippen molar-refractivity contribution < 1.29 is 18.4 Å². The van der Waals surface area contributed by atoms with Gasteiger partial charge in [-0.15, -0.1) is 0 Å². The zero-order chi connectivity index (χ0) is 19.0. The van der Waals surface area contributed by atoms with Crippen molar-refractivity contribution in [2.45, 2.75) is 6.92 Å². The number of hydrazine groups is 1. The second kappa shape index (κ2) is 6.57. The first-order valence-corrected chi connectivity index (χ1v) is 8.31. The van der Waals surface area contributed by atoms with Crippen LogP contribution in [0.5, 0.6) is 0 Å². The quantitative estimate of drug-likeness (QED) is 0.569. The third kappa shape index (κ3) is 3.13. The highest BCUT2D eigenvalue weighted by molar-refractivity contribution is 6.31. The van der Waals surface area contributed by atoms with Crippen molar-refractivity contribution in [1.29, 1.82) is 0 Å². The first-order valence-electron chi connectivity index (χ1n) is 8.31. The topological polar surface area (TPSA) is 62.6 Å². The Kier molecular flexibility index (Phi) is 4.08. The van der Waals surface area contributed by atoms with E-state index in [2.05, 4.69) is 5.43 Å². The fourth-order valence-electron chi connectivity index (χ4n) is 2.88. The average Bonchev–Trinajstić information content (AvgIpc) is 3.22. The molecule has 0 saturated carbocycles. The summed E-state index contributed by atoms with van der Waals surface area (Å²) in [6, 6.07) is 16.6. The molecule has 3 aromatic rings. The number of nitrogens with zero attached hydrogens (tertiary/aromatic N) is 1. The van der Waals surface area contributed by atoms with Gasteiger partial charge in [-0.05, 0) is 55.0 Å². The van der Waals surface area contributed by atoms with Crippen LogP contribution in [0.1, 0.15) is 11.3 Å². The molecule has 0 unspecified atom stereocenters. The fourth-order valence-corrected chi connectivity index (χ4v) is 2.88. The number of nitrogens with one attached hydrogen (secondary N) is 1. The Hall–Kier alpha value is -3.67. The molecule has 1 aromatic heterocycles. The molecular formula is C21H15FN2O3. The summed E-state index contributed by atoms with van der Waals surface area (Å²) in [6.45, 7) is 1.90. The summed E-state index contributed by atoms with van der Waals surface area (Å²) in [5.74, 6) is -0.801. The van der Waals surface area contributed by atoms with Gasteiger partial charge in [0.2, 0.25) is 0 Å². The van der Waals surface area contributed by atoms with Gasteiger partial charge in [-0.1, -0.05) is 24.3 Å². The van der Waals surface area contributed by atoms with Gasteiger partial charge in [0.15, 0.2) is 0 Å². The number of carbonyl (C=O) groups excluding carboxylic acids is 2. The average molecular weight is 362 g/mol. The number of benzene rings is 2. The molecule has 5 nitrogen and oxygen atoms in total. The lowest BCUT2D eigenvalue weighted by Gasteiger charge is -2.14. The second-order valence-corrected chi connectivity index (χ2v) is 6.16. The Labute approximate surface area is 154 Å². The zero-order valence-corrected chi connectivity index (χ0v) is 14.4. The Balaban J connectivity index is 1.64. The predicted molar refractivity (Wildman–Crippen MR) is 98.9 cm³/mol. The molecule has 1 aliphatic rings. The molecule has 0 aliphatic carbocycles. The van der Waals surface area contributed by atoms with Crippen molar-refractivity contribution in [3.05, 3.63) is 83.4 Å². The van der Waals surface area contributed by atoms with E-state index in [1.165, 1.54) is 17.2 Å². The fraction of sp³-hybridized carbons (Fsp3) is 0.0476. The number of rotatable bonds is 3. The van der Waals surface area contributed by atoms with Gasteiger partial charge in [0.1, 0.15) is 22.9 Å². The third-order valence-corrected chi connectivity index (χ3v) is 4.20. The van der Waals surface area contributed by atoms with E-state index in [-0.39, 0.29) is 11.3 Å². The van der Waals surface area contributed by atoms with Gasteiger partial charge in [-0.25, -0.2) is 9.40 Å². The van der Waals surface area contributed by atoms with Crippen molar-refractivity contribution in [3.8, 4) is 11.3 Å². The van der Waals surface area contributed by atoms with Crippen LogP contribution in [0, 0.1) is 12.7 Å². The molecule has 1 aliphatic heterocycles. The summed E-state index contributed by atoms with van der Waals surface area (Å²) in [7, 11) is 0. The Morgan fingerprint density at radius 3 is 2.63 bits per heavy atom. The summed E-state index contributed by atoms with van der Waals surface area (Å²) in [5.41, 5.74) is 4.34. The molecule has 0 radical (unpaired) electrons. The highest BCUT2D eigenvalue weighted by Gasteiger charge is 2.34. The second-order valence-electron chi connectivity index (χ2n) is 6.16. The van der Waals surface area contributed by atoms with Crippen molar-refractivity contribution in [2.75, 3.05) is 5.01 Å². The summed E-state index contributed by atoms with van der Waals surface area (Å²) in [6.07, 6.45) is 1.36. The number of halogens is 1. The molecule has 0 atom stereocenters. The molecule has 0 bridgehead atoms. The molecule has 134 valence electrons.